The van der Waals surface area contributed by atoms with Crippen molar-refractivity contribution >= 4 is 50.6 Å². The van der Waals surface area contributed by atoms with Crippen LogP contribution in [-0.4, -0.2) is 72.7 Å². The Balaban J connectivity index is 0.000000606. The molecule has 0 saturated heterocycles. The Morgan fingerprint density at radius 3 is 2.59 bits per heavy atom. The zero-order chi connectivity index (χ0) is 35.3. The summed E-state index contributed by atoms with van der Waals surface area (Å²) in [6, 6.07) is 11.8. The fraction of sp³-hybridized carbons (Fsp3) is 0.333. The second kappa shape index (κ2) is 15.5. The number of benzene rings is 2. The average molecular weight is 721 g/mol. The van der Waals surface area contributed by atoms with E-state index in [9.17, 15) is 22.7 Å². The molecular weight excluding hydrogens is 688 g/mol. The van der Waals surface area contributed by atoms with E-state index in [1.54, 1.807) is 41.9 Å². The molecule has 5 aromatic rings. The van der Waals surface area contributed by atoms with Crippen LogP contribution in [0.5, 0.6) is 5.75 Å². The number of hydrogen-bond donors (Lipinski definition) is 3. The average Bonchev–Trinajstić information content (AvgIpc) is 3.65. The van der Waals surface area contributed by atoms with E-state index in [1.165, 1.54) is 17.7 Å². The second-order valence-electron chi connectivity index (χ2n) is 11.1. The van der Waals surface area contributed by atoms with Gasteiger partial charge >= 0.3 is 12.1 Å². The number of aliphatic hydroxyl groups is 1. The molecular formula is C33H33ClF4N6O4S. The largest absolute Gasteiger partial charge is 0.490 e. The van der Waals surface area contributed by atoms with E-state index in [1.807, 2.05) is 16.9 Å². The fourth-order valence-electron chi connectivity index (χ4n) is 5.46. The number of nitrogens with one attached hydrogen (secondary N) is 1. The molecule has 1 aliphatic carbocycles. The standard InChI is InChI=1S/C31H32ClFN6O2S.C2HF3O2/c1-3-38(4-2)15-22(40)16-39-26-10-9-23-28-30(34-18-35-31(28)42-29(23)24(26)14-36-39)37-21-8-11-27(25(32)13-21)41-17-19-6-5-7-20(33)12-19;3-2(4,5)1(6)7/h5-8,11-14,18,22,40H,3-4,9-10,15-17H2,1-2H3,(H,34,35,37);(H,6,7)/t22-;/m1./s1. The number of thiophene rings is 1. The Bertz CT molecular complexity index is 1930. The summed E-state index contributed by atoms with van der Waals surface area (Å²) in [6.07, 6.45) is -0.433. The lowest BCUT2D eigenvalue weighted by Gasteiger charge is -2.23. The Kier molecular flexibility index (Phi) is 11.4. The molecule has 0 bridgehead atoms. The maximum atomic E-state index is 13.5. The monoisotopic (exact) mass is 720 g/mol. The van der Waals surface area contributed by atoms with Crippen molar-refractivity contribution in [3.8, 4) is 16.2 Å². The minimum Gasteiger partial charge on any atom is -0.487 e. The van der Waals surface area contributed by atoms with Crippen molar-refractivity contribution in [2.75, 3.05) is 25.0 Å². The first-order chi connectivity index (χ1) is 23.4. The quantitative estimate of drug-likeness (QED) is 0.123. The molecule has 3 aromatic heterocycles. The Hall–Kier alpha value is -4.31. The van der Waals surface area contributed by atoms with Gasteiger partial charge < -0.3 is 25.2 Å². The molecule has 3 heterocycles. The number of nitrogens with zero attached hydrogens (tertiary/aromatic N) is 5. The summed E-state index contributed by atoms with van der Waals surface area (Å²) in [5, 5.41) is 27.4. The number of aliphatic hydroxyl groups excluding tert-OH is 1. The number of rotatable bonds is 11. The Labute approximate surface area is 287 Å². The summed E-state index contributed by atoms with van der Waals surface area (Å²) < 4.78 is 53.0. The van der Waals surface area contributed by atoms with Crippen LogP contribution in [0.15, 0.2) is 55.0 Å². The number of aromatic nitrogens is 4. The number of carboxylic acid groups (broad SMARTS) is 1. The number of aryl methyl sites for hydroxylation is 1. The molecule has 49 heavy (non-hydrogen) atoms. The van der Waals surface area contributed by atoms with Crippen molar-refractivity contribution in [3.05, 3.63) is 82.6 Å². The highest BCUT2D eigenvalue weighted by molar-refractivity contribution is 7.22. The molecule has 260 valence electrons. The van der Waals surface area contributed by atoms with Gasteiger partial charge in [0, 0.05) is 28.4 Å². The van der Waals surface area contributed by atoms with Crippen molar-refractivity contribution in [3.63, 3.8) is 0 Å². The van der Waals surface area contributed by atoms with E-state index in [4.69, 9.17) is 26.2 Å². The van der Waals surface area contributed by atoms with Crippen molar-refractivity contribution in [1.29, 1.82) is 0 Å². The Morgan fingerprint density at radius 1 is 1.16 bits per heavy atom. The smallest absolute Gasteiger partial charge is 0.487 e. The van der Waals surface area contributed by atoms with Gasteiger partial charge in [-0.05, 0) is 67.4 Å². The summed E-state index contributed by atoms with van der Waals surface area (Å²) in [5.74, 6) is -1.83. The first kappa shape index (κ1) is 36.0. The normalized spacial score (nSPS) is 13.0. The lowest BCUT2D eigenvalue weighted by atomic mass is 9.95. The SMILES string of the molecule is CCN(CC)C[C@@H](O)Cn1ncc2c1CCc1c-2sc2ncnc(Nc3ccc(OCc4cccc(F)c4)c(Cl)c3)c12.O=C(O)C(F)(F)F. The zero-order valence-electron chi connectivity index (χ0n) is 26.5. The van der Waals surface area contributed by atoms with Crippen LogP contribution < -0.4 is 10.1 Å². The maximum absolute atomic E-state index is 13.5. The van der Waals surface area contributed by atoms with Crippen molar-refractivity contribution in [1.82, 2.24) is 24.6 Å². The Morgan fingerprint density at radius 2 is 1.92 bits per heavy atom. The van der Waals surface area contributed by atoms with Gasteiger partial charge in [-0.15, -0.1) is 11.3 Å². The molecule has 0 radical (unpaired) electrons. The van der Waals surface area contributed by atoms with Gasteiger partial charge in [-0.2, -0.15) is 18.3 Å². The molecule has 3 N–H and O–H groups in total. The van der Waals surface area contributed by atoms with Crippen LogP contribution in [0, 0.1) is 5.82 Å². The summed E-state index contributed by atoms with van der Waals surface area (Å²) in [6.45, 7) is 7.35. The topological polar surface area (TPSA) is 126 Å². The predicted octanol–water partition coefficient (Wildman–Crippen LogP) is 7.10. The number of halogens is 5. The van der Waals surface area contributed by atoms with Crippen LogP contribution in [0.4, 0.5) is 29.1 Å². The number of fused-ring (bicyclic) bond motifs is 5. The molecule has 2 aromatic carbocycles. The number of anilines is 2. The van der Waals surface area contributed by atoms with Crippen LogP contribution in [-0.2, 0) is 30.8 Å². The van der Waals surface area contributed by atoms with Crippen LogP contribution in [0.25, 0.3) is 20.7 Å². The number of carbonyl (C=O) groups is 1. The number of hydrogen-bond acceptors (Lipinski definition) is 9. The zero-order valence-corrected chi connectivity index (χ0v) is 28.0. The third-order valence-corrected chi connectivity index (χ3v) is 9.33. The lowest BCUT2D eigenvalue weighted by Crippen LogP contribution is -2.35. The molecule has 16 heteroatoms. The molecule has 1 aliphatic rings. The van der Waals surface area contributed by atoms with Crippen LogP contribution >= 0.6 is 22.9 Å². The molecule has 6 rings (SSSR count). The van der Waals surface area contributed by atoms with Gasteiger partial charge in [0.25, 0.3) is 0 Å². The van der Waals surface area contributed by atoms with Crippen molar-refractivity contribution in [2.24, 2.45) is 0 Å². The predicted molar refractivity (Wildman–Crippen MR) is 179 cm³/mol. The summed E-state index contributed by atoms with van der Waals surface area (Å²) in [7, 11) is 0. The third kappa shape index (κ3) is 8.65. The van der Waals surface area contributed by atoms with E-state index in [0.29, 0.717) is 29.7 Å². The first-order valence-corrected chi connectivity index (χ1v) is 16.5. The first-order valence-electron chi connectivity index (χ1n) is 15.3. The van der Waals surface area contributed by atoms with Crippen molar-refractivity contribution in [2.45, 2.75) is 52.1 Å². The minimum absolute atomic E-state index is 0.214. The number of likely N-dealkylation sites (N-methyl/N-ethyl adjacent to an activating group) is 1. The van der Waals surface area contributed by atoms with Gasteiger partial charge in [0.15, 0.2) is 0 Å². The number of ether oxygens (including phenoxy) is 1. The van der Waals surface area contributed by atoms with Gasteiger partial charge in [-0.1, -0.05) is 37.6 Å². The van der Waals surface area contributed by atoms with E-state index in [2.05, 4.69) is 39.1 Å². The fourth-order valence-corrected chi connectivity index (χ4v) is 6.92. The molecule has 0 unspecified atom stereocenters. The van der Waals surface area contributed by atoms with E-state index >= 15 is 0 Å². The van der Waals surface area contributed by atoms with Gasteiger partial charge in [-0.3, -0.25) is 4.68 Å². The van der Waals surface area contributed by atoms with E-state index in [-0.39, 0.29) is 12.4 Å². The van der Waals surface area contributed by atoms with Crippen LogP contribution in [0.2, 0.25) is 5.02 Å². The highest BCUT2D eigenvalue weighted by Gasteiger charge is 2.38. The highest BCUT2D eigenvalue weighted by atomic mass is 35.5. The minimum atomic E-state index is -5.08. The van der Waals surface area contributed by atoms with Gasteiger partial charge in [0.05, 0.1) is 29.3 Å². The maximum Gasteiger partial charge on any atom is 0.490 e. The lowest BCUT2D eigenvalue weighted by molar-refractivity contribution is -0.192. The molecule has 0 amide bonds. The van der Waals surface area contributed by atoms with Gasteiger partial charge in [0.1, 0.15) is 35.1 Å². The van der Waals surface area contributed by atoms with Gasteiger partial charge in [-0.25, -0.2) is 19.2 Å². The highest BCUT2D eigenvalue weighted by Crippen LogP contribution is 2.45. The number of alkyl halides is 3. The van der Waals surface area contributed by atoms with Crippen LogP contribution in [0.1, 0.15) is 30.7 Å². The summed E-state index contributed by atoms with van der Waals surface area (Å²) in [4.78, 5) is 22.3. The third-order valence-electron chi connectivity index (χ3n) is 7.86. The molecule has 10 nitrogen and oxygen atoms in total. The molecule has 0 saturated carbocycles. The molecule has 0 aliphatic heterocycles. The molecule has 0 spiro atoms. The van der Waals surface area contributed by atoms with Crippen LogP contribution in [0.3, 0.4) is 0 Å². The second-order valence-corrected chi connectivity index (χ2v) is 12.5. The molecule has 1 atom stereocenters. The summed E-state index contributed by atoms with van der Waals surface area (Å²) in [5.41, 5.74) is 4.95. The number of aliphatic carboxylic acids is 1. The number of carboxylic acids is 1. The van der Waals surface area contributed by atoms with Crippen molar-refractivity contribution < 1.29 is 37.3 Å². The van der Waals surface area contributed by atoms with Gasteiger partial charge in [0.2, 0.25) is 0 Å². The van der Waals surface area contributed by atoms with E-state index in [0.717, 1.165) is 63.5 Å². The van der Waals surface area contributed by atoms with E-state index < -0.39 is 18.2 Å². The summed E-state index contributed by atoms with van der Waals surface area (Å²) >= 11 is 8.19. The molecule has 0 fully saturated rings.